The minimum Gasteiger partial charge on any atom is -0.309 e. The van der Waals surface area contributed by atoms with Gasteiger partial charge in [-0.25, -0.2) is 0 Å². The van der Waals surface area contributed by atoms with E-state index in [9.17, 15) is 0 Å². The summed E-state index contributed by atoms with van der Waals surface area (Å²) in [5.41, 5.74) is 9.01. The van der Waals surface area contributed by atoms with Gasteiger partial charge in [0, 0.05) is 16.8 Å². The summed E-state index contributed by atoms with van der Waals surface area (Å²) >= 11 is 0. The normalized spacial score (nSPS) is 10.9. The highest BCUT2D eigenvalue weighted by Crippen LogP contribution is 2.33. The van der Waals surface area contributed by atoms with Crippen LogP contribution in [0.2, 0.25) is 0 Å². The van der Waals surface area contributed by atoms with Crippen LogP contribution in [0.15, 0.2) is 74.3 Å². The summed E-state index contributed by atoms with van der Waals surface area (Å²) in [6.07, 6.45) is 9.81. The van der Waals surface area contributed by atoms with Crippen LogP contribution in [0, 0.1) is 6.92 Å². The number of nitrogens with zero attached hydrogens (tertiary/aromatic N) is 1. The molecule has 0 saturated carbocycles. The predicted molar refractivity (Wildman–Crippen MR) is 121 cm³/mol. The molecule has 0 unspecified atom stereocenters. The molecule has 0 N–H and O–H groups in total. The zero-order chi connectivity index (χ0) is 19.4. The van der Waals surface area contributed by atoms with Gasteiger partial charge in [0.15, 0.2) is 0 Å². The zero-order valence-corrected chi connectivity index (χ0v) is 16.1. The first kappa shape index (κ1) is 18.5. The van der Waals surface area contributed by atoms with E-state index in [-0.39, 0.29) is 0 Å². The molecule has 1 heterocycles. The molecule has 1 nitrogen and oxygen atoms in total. The number of rotatable bonds is 6. The van der Waals surface area contributed by atoms with E-state index in [0.29, 0.717) is 0 Å². The Balaban J connectivity index is 2.34. The number of hydrogen-bond donors (Lipinski definition) is 0. The molecule has 0 atom stereocenters. The van der Waals surface area contributed by atoms with Crippen LogP contribution in [0.25, 0.3) is 41.1 Å². The average Bonchev–Trinajstić information content (AvgIpc) is 3.01. The van der Waals surface area contributed by atoms with E-state index >= 15 is 0 Å². The molecular weight excluding hydrogens is 326 g/mol. The lowest BCUT2D eigenvalue weighted by molar-refractivity contribution is 1.04. The van der Waals surface area contributed by atoms with Gasteiger partial charge in [0.2, 0.25) is 0 Å². The summed E-state index contributed by atoms with van der Waals surface area (Å²) in [4.78, 5) is 0. The number of allylic oxidation sites excluding steroid dienone is 1. The van der Waals surface area contributed by atoms with Crippen molar-refractivity contribution in [1.82, 2.24) is 4.57 Å². The van der Waals surface area contributed by atoms with Gasteiger partial charge in [0.25, 0.3) is 0 Å². The molecule has 0 amide bonds. The van der Waals surface area contributed by atoms with E-state index < -0.39 is 0 Å². The molecule has 0 bridgehead atoms. The SMILES string of the molecule is C=Cc1c(C=C)c(/C=C\C)n(-c2ccc(C)c(-c3ccccc3)c2)c1C=C. The third kappa shape index (κ3) is 3.24. The summed E-state index contributed by atoms with van der Waals surface area (Å²) < 4.78 is 2.23. The van der Waals surface area contributed by atoms with Crippen LogP contribution in [-0.2, 0) is 0 Å². The number of benzene rings is 2. The molecule has 134 valence electrons. The standard InChI is InChI=1S/C26H25N/c1-6-13-26-23(8-3)22(7-2)25(9-4)27(26)21-17-16-19(5)24(18-21)20-14-11-10-12-15-20/h6-18H,2-4H2,1,5H3/b13-6-. The summed E-state index contributed by atoms with van der Waals surface area (Å²) in [5.74, 6) is 0. The fourth-order valence-electron chi connectivity index (χ4n) is 3.56. The lowest BCUT2D eigenvalue weighted by Gasteiger charge is -2.14. The fourth-order valence-corrected chi connectivity index (χ4v) is 3.56. The minimum atomic E-state index is 1.02. The van der Waals surface area contributed by atoms with Gasteiger partial charge in [0.1, 0.15) is 0 Å². The second kappa shape index (κ2) is 7.92. The lowest BCUT2D eigenvalue weighted by atomic mass is 10.00. The molecule has 0 aliphatic carbocycles. The summed E-state index contributed by atoms with van der Waals surface area (Å²) in [6, 6.07) is 17.0. The summed E-state index contributed by atoms with van der Waals surface area (Å²) in [7, 11) is 0. The van der Waals surface area contributed by atoms with Crippen molar-refractivity contribution in [2.24, 2.45) is 0 Å². The van der Waals surface area contributed by atoms with E-state index in [1.54, 1.807) is 0 Å². The molecule has 27 heavy (non-hydrogen) atoms. The summed E-state index contributed by atoms with van der Waals surface area (Å²) in [5, 5.41) is 0. The van der Waals surface area contributed by atoms with E-state index in [4.69, 9.17) is 0 Å². The van der Waals surface area contributed by atoms with Crippen molar-refractivity contribution in [1.29, 1.82) is 0 Å². The highest BCUT2D eigenvalue weighted by atomic mass is 15.0. The molecule has 0 radical (unpaired) electrons. The third-order valence-electron chi connectivity index (χ3n) is 4.81. The molecule has 1 aromatic heterocycles. The maximum absolute atomic E-state index is 4.05. The smallest absolute Gasteiger partial charge is 0.0537 e. The Kier molecular flexibility index (Phi) is 5.42. The Bertz CT molecular complexity index is 1030. The van der Waals surface area contributed by atoms with Gasteiger partial charge in [-0.2, -0.15) is 0 Å². The van der Waals surface area contributed by atoms with Crippen LogP contribution in [0.1, 0.15) is 35.0 Å². The summed E-state index contributed by atoms with van der Waals surface area (Å²) in [6.45, 7) is 16.2. The number of aryl methyl sites for hydroxylation is 1. The Morgan fingerprint density at radius 1 is 0.815 bits per heavy atom. The van der Waals surface area contributed by atoms with Gasteiger partial charge in [-0.1, -0.05) is 74.4 Å². The van der Waals surface area contributed by atoms with E-state index in [1.165, 1.54) is 16.7 Å². The molecular formula is C26H25N. The van der Waals surface area contributed by atoms with E-state index in [2.05, 4.69) is 79.8 Å². The van der Waals surface area contributed by atoms with Crippen LogP contribution in [0.5, 0.6) is 0 Å². The molecule has 3 aromatic rings. The van der Waals surface area contributed by atoms with Gasteiger partial charge in [-0.05, 0) is 54.8 Å². The second-order valence-corrected chi connectivity index (χ2v) is 6.41. The molecule has 0 aliphatic rings. The third-order valence-corrected chi connectivity index (χ3v) is 4.81. The maximum Gasteiger partial charge on any atom is 0.0537 e. The maximum atomic E-state index is 4.05. The van der Waals surface area contributed by atoms with Crippen molar-refractivity contribution in [3.8, 4) is 16.8 Å². The van der Waals surface area contributed by atoms with Crippen LogP contribution in [-0.4, -0.2) is 4.57 Å². The largest absolute Gasteiger partial charge is 0.309 e. The molecule has 0 aliphatic heterocycles. The van der Waals surface area contributed by atoms with Crippen molar-refractivity contribution in [2.75, 3.05) is 0 Å². The Hall–Kier alpha value is -3.32. The van der Waals surface area contributed by atoms with Crippen LogP contribution >= 0.6 is 0 Å². The van der Waals surface area contributed by atoms with Crippen LogP contribution in [0.4, 0.5) is 0 Å². The van der Waals surface area contributed by atoms with Gasteiger partial charge in [-0.3, -0.25) is 0 Å². The van der Waals surface area contributed by atoms with Crippen molar-refractivity contribution in [2.45, 2.75) is 13.8 Å². The first-order valence-electron chi connectivity index (χ1n) is 9.11. The predicted octanol–water partition coefficient (Wildman–Crippen LogP) is 7.41. The highest BCUT2D eigenvalue weighted by Gasteiger charge is 2.18. The number of hydrogen-bond acceptors (Lipinski definition) is 0. The van der Waals surface area contributed by atoms with Gasteiger partial charge < -0.3 is 4.57 Å². The highest BCUT2D eigenvalue weighted by molar-refractivity contribution is 5.81. The molecule has 0 spiro atoms. The molecule has 2 aromatic carbocycles. The Morgan fingerprint density at radius 2 is 1.48 bits per heavy atom. The first-order valence-corrected chi connectivity index (χ1v) is 9.11. The van der Waals surface area contributed by atoms with Crippen LogP contribution < -0.4 is 0 Å². The fraction of sp³-hybridized carbons (Fsp3) is 0.0769. The first-order chi connectivity index (χ1) is 13.2. The van der Waals surface area contributed by atoms with E-state index in [0.717, 1.165) is 28.2 Å². The van der Waals surface area contributed by atoms with Gasteiger partial charge in [0.05, 0.1) is 11.4 Å². The quantitative estimate of drug-likeness (QED) is 0.435. The minimum absolute atomic E-state index is 1.02. The van der Waals surface area contributed by atoms with E-state index in [1.807, 2.05) is 37.3 Å². The van der Waals surface area contributed by atoms with Crippen molar-refractivity contribution < 1.29 is 0 Å². The molecule has 0 saturated heterocycles. The zero-order valence-electron chi connectivity index (χ0n) is 16.1. The Labute approximate surface area is 162 Å². The second-order valence-electron chi connectivity index (χ2n) is 6.41. The van der Waals surface area contributed by atoms with Gasteiger partial charge >= 0.3 is 0 Å². The lowest BCUT2D eigenvalue weighted by Crippen LogP contribution is -2.01. The van der Waals surface area contributed by atoms with Gasteiger partial charge in [-0.15, -0.1) is 0 Å². The van der Waals surface area contributed by atoms with Crippen molar-refractivity contribution >= 4 is 24.3 Å². The van der Waals surface area contributed by atoms with Crippen LogP contribution in [0.3, 0.4) is 0 Å². The monoisotopic (exact) mass is 351 g/mol. The van der Waals surface area contributed by atoms with Crippen molar-refractivity contribution in [3.63, 3.8) is 0 Å². The van der Waals surface area contributed by atoms with Crippen molar-refractivity contribution in [3.05, 3.63) is 102 Å². The molecule has 0 fully saturated rings. The average molecular weight is 351 g/mol. The Morgan fingerprint density at radius 3 is 2.07 bits per heavy atom. The molecule has 3 rings (SSSR count). The topological polar surface area (TPSA) is 4.93 Å². The number of aromatic nitrogens is 1. The molecule has 1 heteroatoms.